The van der Waals surface area contributed by atoms with Gasteiger partial charge in [0.25, 0.3) is 0 Å². The van der Waals surface area contributed by atoms with Gasteiger partial charge in [-0.2, -0.15) is 0 Å². The van der Waals surface area contributed by atoms with Crippen molar-refractivity contribution >= 4 is 11.4 Å². The summed E-state index contributed by atoms with van der Waals surface area (Å²) in [6, 6.07) is 3.40. The van der Waals surface area contributed by atoms with Crippen LogP contribution in [0, 0.1) is 11.7 Å². The molecule has 1 fully saturated rings. The Bertz CT molecular complexity index is 436. The molecule has 106 valence electrons. The van der Waals surface area contributed by atoms with Crippen LogP contribution in [0.3, 0.4) is 0 Å². The topological polar surface area (TPSA) is 47.3 Å². The zero-order valence-corrected chi connectivity index (χ0v) is 11.7. The molecular weight excluding hydrogens is 243 g/mol. The van der Waals surface area contributed by atoms with E-state index < -0.39 is 5.82 Å². The molecule has 0 amide bonds. The van der Waals surface area contributed by atoms with Gasteiger partial charge >= 0.3 is 0 Å². The molecule has 4 heteroatoms. The first-order valence-electron chi connectivity index (χ1n) is 7.03. The van der Waals surface area contributed by atoms with Crippen molar-refractivity contribution in [3.63, 3.8) is 0 Å². The van der Waals surface area contributed by atoms with E-state index in [1.807, 2.05) is 0 Å². The summed E-state index contributed by atoms with van der Waals surface area (Å²) in [5.74, 6) is 0.606. The Balaban J connectivity index is 2.10. The molecule has 0 spiro atoms. The minimum absolute atomic E-state index is 0.236. The minimum atomic E-state index is -0.416. The van der Waals surface area contributed by atoms with Crippen LogP contribution in [-0.4, -0.2) is 13.2 Å². The van der Waals surface area contributed by atoms with Crippen molar-refractivity contribution in [2.45, 2.75) is 45.1 Å². The number of ether oxygens (including phenoxy) is 1. The molecule has 1 saturated carbocycles. The molecule has 2 atom stereocenters. The number of halogens is 1. The van der Waals surface area contributed by atoms with E-state index in [2.05, 4.69) is 12.2 Å². The molecule has 1 aromatic rings. The van der Waals surface area contributed by atoms with Crippen molar-refractivity contribution in [1.82, 2.24) is 0 Å². The number of hydrogen-bond donors (Lipinski definition) is 2. The van der Waals surface area contributed by atoms with Crippen molar-refractivity contribution in [3.05, 3.63) is 17.9 Å². The van der Waals surface area contributed by atoms with Crippen molar-refractivity contribution in [2.75, 3.05) is 18.2 Å². The van der Waals surface area contributed by atoms with Crippen molar-refractivity contribution in [2.24, 2.45) is 5.92 Å². The lowest BCUT2D eigenvalue weighted by Gasteiger charge is -2.30. The maximum Gasteiger partial charge on any atom is 0.167 e. The van der Waals surface area contributed by atoms with E-state index in [9.17, 15) is 4.39 Å². The molecule has 1 aliphatic carbocycles. The van der Waals surface area contributed by atoms with Crippen LogP contribution in [0.25, 0.3) is 0 Å². The molecule has 0 heterocycles. The van der Waals surface area contributed by atoms with Gasteiger partial charge < -0.3 is 15.8 Å². The highest BCUT2D eigenvalue weighted by Gasteiger charge is 2.21. The molecule has 2 rings (SSSR count). The summed E-state index contributed by atoms with van der Waals surface area (Å²) in [5.41, 5.74) is 7.09. The van der Waals surface area contributed by atoms with Gasteiger partial charge in [-0.1, -0.05) is 26.2 Å². The molecule has 1 aliphatic rings. The third-order valence-electron chi connectivity index (χ3n) is 4.04. The third-order valence-corrected chi connectivity index (χ3v) is 4.04. The Morgan fingerprint density at radius 2 is 2.21 bits per heavy atom. The second-order valence-electron chi connectivity index (χ2n) is 5.36. The predicted molar refractivity (Wildman–Crippen MR) is 77.0 cm³/mol. The van der Waals surface area contributed by atoms with Gasteiger partial charge in [-0.3, -0.25) is 0 Å². The van der Waals surface area contributed by atoms with Gasteiger partial charge in [0.1, 0.15) is 0 Å². The summed E-state index contributed by atoms with van der Waals surface area (Å²) in [6.07, 6.45) is 6.09. The standard InChI is InChI=1S/C15H23FN2O/c1-3-10-5-4-6-11(7-10)18-14-9-15(19-2)12(16)8-13(14)17/h8-11,18H,3-7,17H2,1-2H3. The molecular formula is C15H23FN2O. The largest absolute Gasteiger partial charge is 0.494 e. The molecule has 1 aromatic carbocycles. The van der Waals surface area contributed by atoms with Crippen LogP contribution in [-0.2, 0) is 0 Å². The number of rotatable bonds is 4. The predicted octanol–water partition coefficient (Wildman–Crippen LogP) is 3.80. The van der Waals surface area contributed by atoms with Gasteiger partial charge in [0.2, 0.25) is 0 Å². The average molecular weight is 266 g/mol. The normalized spacial score (nSPS) is 23.1. The third kappa shape index (κ3) is 3.31. The maximum absolute atomic E-state index is 13.5. The summed E-state index contributed by atoms with van der Waals surface area (Å²) in [7, 11) is 1.46. The quantitative estimate of drug-likeness (QED) is 0.815. The number of hydrogen-bond acceptors (Lipinski definition) is 3. The Hall–Kier alpha value is -1.45. The van der Waals surface area contributed by atoms with Crippen LogP contribution in [0.15, 0.2) is 12.1 Å². The monoisotopic (exact) mass is 266 g/mol. The Labute approximate surface area is 114 Å². The first kappa shape index (κ1) is 14.0. The minimum Gasteiger partial charge on any atom is -0.494 e. The summed E-state index contributed by atoms with van der Waals surface area (Å²) < 4.78 is 18.5. The Morgan fingerprint density at radius 1 is 1.42 bits per heavy atom. The molecule has 0 radical (unpaired) electrons. The van der Waals surface area contributed by atoms with E-state index in [-0.39, 0.29) is 5.75 Å². The summed E-state index contributed by atoms with van der Waals surface area (Å²) >= 11 is 0. The zero-order chi connectivity index (χ0) is 13.8. The second kappa shape index (κ2) is 6.13. The van der Waals surface area contributed by atoms with E-state index in [1.54, 1.807) is 6.07 Å². The van der Waals surface area contributed by atoms with E-state index in [0.717, 1.165) is 24.4 Å². The molecule has 19 heavy (non-hydrogen) atoms. The number of benzene rings is 1. The van der Waals surface area contributed by atoms with Crippen LogP contribution in [0.5, 0.6) is 5.75 Å². The van der Waals surface area contributed by atoms with Crippen LogP contribution >= 0.6 is 0 Å². The van der Waals surface area contributed by atoms with Crippen molar-refractivity contribution < 1.29 is 9.13 Å². The van der Waals surface area contributed by atoms with E-state index in [1.165, 1.54) is 32.4 Å². The zero-order valence-electron chi connectivity index (χ0n) is 11.7. The summed E-state index contributed by atoms with van der Waals surface area (Å²) in [6.45, 7) is 2.24. The molecule has 3 nitrogen and oxygen atoms in total. The fraction of sp³-hybridized carbons (Fsp3) is 0.600. The van der Waals surface area contributed by atoms with E-state index >= 15 is 0 Å². The fourth-order valence-corrected chi connectivity index (χ4v) is 2.86. The molecule has 0 aliphatic heterocycles. The van der Waals surface area contributed by atoms with Crippen LogP contribution in [0.2, 0.25) is 0 Å². The molecule has 2 unspecified atom stereocenters. The molecule has 0 aromatic heterocycles. The highest BCUT2D eigenvalue weighted by atomic mass is 19.1. The molecule has 3 N–H and O–H groups in total. The van der Waals surface area contributed by atoms with Crippen LogP contribution in [0.4, 0.5) is 15.8 Å². The van der Waals surface area contributed by atoms with Crippen molar-refractivity contribution in [3.8, 4) is 5.75 Å². The van der Waals surface area contributed by atoms with Gasteiger partial charge in [0.05, 0.1) is 18.5 Å². The number of anilines is 2. The summed E-state index contributed by atoms with van der Waals surface area (Å²) in [5, 5.41) is 3.44. The molecule has 0 saturated heterocycles. The van der Waals surface area contributed by atoms with Gasteiger partial charge in [-0.15, -0.1) is 0 Å². The second-order valence-corrected chi connectivity index (χ2v) is 5.36. The lowest BCUT2D eigenvalue weighted by atomic mass is 9.84. The van der Waals surface area contributed by atoms with Gasteiger partial charge in [0.15, 0.2) is 11.6 Å². The number of nitrogen functional groups attached to an aromatic ring is 1. The van der Waals surface area contributed by atoms with Gasteiger partial charge in [0, 0.05) is 18.2 Å². The van der Waals surface area contributed by atoms with Gasteiger partial charge in [-0.25, -0.2) is 4.39 Å². The SMILES string of the molecule is CCC1CCCC(Nc2cc(OC)c(F)cc2N)C1. The van der Waals surface area contributed by atoms with Crippen LogP contribution < -0.4 is 15.8 Å². The highest BCUT2D eigenvalue weighted by Crippen LogP contribution is 2.32. The molecule has 0 bridgehead atoms. The fourth-order valence-electron chi connectivity index (χ4n) is 2.86. The van der Waals surface area contributed by atoms with Crippen LogP contribution in [0.1, 0.15) is 39.0 Å². The van der Waals surface area contributed by atoms with E-state index in [4.69, 9.17) is 10.5 Å². The van der Waals surface area contributed by atoms with Gasteiger partial charge in [-0.05, 0) is 18.8 Å². The number of nitrogens with one attached hydrogen (secondary N) is 1. The van der Waals surface area contributed by atoms with Crippen molar-refractivity contribution in [1.29, 1.82) is 0 Å². The average Bonchev–Trinajstić information content (AvgIpc) is 2.42. The summed E-state index contributed by atoms with van der Waals surface area (Å²) in [4.78, 5) is 0. The Kier molecular flexibility index (Phi) is 4.51. The first-order chi connectivity index (χ1) is 9.13. The lowest BCUT2D eigenvalue weighted by molar-refractivity contribution is 0.327. The smallest absolute Gasteiger partial charge is 0.167 e. The number of methoxy groups -OCH3 is 1. The highest BCUT2D eigenvalue weighted by molar-refractivity contribution is 5.69. The van der Waals surface area contributed by atoms with E-state index in [0.29, 0.717) is 11.7 Å². The number of nitrogens with two attached hydrogens (primary N) is 1. The lowest BCUT2D eigenvalue weighted by Crippen LogP contribution is -2.27. The maximum atomic E-state index is 13.5. The first-order valence-corrected chi connectivity index (χ1v) is 7.03. The Morgan fingerprint density at radius 3 is 2.89 bits per heavy atom.